The highest BCUT2D eigenvalue weighted by atomic mass is 16.5. The maximum absolute atomic E-state index is 12.6. The van der Waals surface area contributed by atoms with Crippen LogP contribution in [0, 0.1) is 0 Å². The van der Waals surface area contributed by atoms with Gasteiger partial charge in [-0.05, 0) is 36.4 Å². The van der Waals surface area contributed by atoms with Crippen molar-refractivity contribution in [2.24, 2.45) is 0 Å². The first-order chi connectivity index (χ1) is 12.1. The number of anilines is 2. The summed E-state index contributed by atoms with van der Waals surface area (Å²) in [6.07, 6.45) is 1.71. The van der Waals surface area contributed by atoms with Gasteiger partial charge in [0.15, 0.2) is 0 Å². The van der Waals surface area contributed by atoms with E-state index in [0.29, 0.717) is 22.9 Å². The normalized spacial score (nSPS) is 10.2. The first kappa shape index (κ1) is 16.5. The Morgan fingerprint density at radius 1 is 0.960 bits per heavy atom. The molecular formula is C20H19N3O2. The number of pyridine rings is 1. The fourth-order valence-corrected chi connectivity index (χ4v) is 2.27. The molecule has 0 aliphatic heterocycles. The van der Waals surface area contributed by atoms with Gasteiger partial charge in [0.25, 0.3) is 5.91 Å². The van der Waals surface area contributed by atoms with Gasteiger partial charge in [-0.25, -0.2) is 4.98 Å². The zero-order chi connectivity index (χ0) is 17.6. The Labute approximate surface area is 146 Å². The molecule has 0 spiro atoms. The Hall–Kier alpha value is -3.34. The van der Waals surface area contributed by atoms with Crippen molar-refractivity contribution in [1.82, 2.24) is 4.98 Å². The van der Waals surface area contributed by atoms with Gasteiger partial charge in [0.05, 0.1) is 17.4 Å². The van der Waals surface area contributed by atoms with Crippen LogP contribution in [0.5, 0.6) is 11.5 Å². The van der Waals surface area contributed by atoms with Crippen LogP contribution >= 0.6 is 0 Å². The molecule has 2 aromatic carbocycles. The van der Waals surface area contributed by atoms with Gasteiger partial charge in [-0.2, -0.15) is 0 Å². The molecule has 25 heavy (non-hydrogen) atoms. The number of carbonyl (C=O) groups is 1. The van der Waals surface area contributed by atoms with E-state index < -0.39 is 0 Å². The van der Waals surface area contributed by atoms with Crippen molar-refractivity contribution < 1.29 is 9.53 Å². The highest BCUT2D eigenvalue weighted by Crippen LogP contribution is 2.25. The van der Waals surface area contributed by atoms with Gasteiger partial charge in [-0.1, -0.05) is 30.3 Å². The number of amides is 1. The second-order valence-electron chi connectivity index (χ2n) is 5.66. The number of nitrogens with zero attached hydrogens (tertiary/aromatic N) is 2. The number of para-hydroxylation sites is 2. The minimum atomic E-state index is -0.267. The lowest BCUT2D eigenvalue weighted by Gasteiger charge is -2.13. The first-order valence-electron chi connectivity index (χ1n) is 7.90. The Kier molecular flexibility index (Phi) is 4.95. The van der Waals surface area contributed by atoms with Crippen molar-refractivity contribution >= 4 is 17.4 Å². The third kappa shape index (κ3) is 4.14. The Balaban J connectivity index is 1.78. The van der Waals surface area contributed by atoms with Gasteiger partial charge in [0.1, 0.15) is 17.3 Å². The van der Waals surface area contributed by atoms with Crippen LogP contribution in [0.15, 0.2) is 72.9 Å². The third-order valence-corrected chi connectivity index (χ3v) is 3.61. The van der Waals surface area contributed by atoms with Crippen LogP contribution in [-0.2, 0) is 0 Å². The average molecular weight is 333 g/mol. The van der Waals surface area contributed by atoms with Crippen LogP contribution < -0.4 is 15.0 Å². The predicted octanol–water partition coefficient (Wildman–Crippen LogP) is 4.19. The number of aromatic nitrogens is 1. The summed E-state index contributed by atoms with van der Waals surface area (Å²) in [6.45, 7) is 0. The van der Waals surface area contributed by atoms with Crippen molar-refractivity contribution in [2.75, 3.05) is 24.3 Å². The van der Waals surface area contributed by atoms with Crippen LogP contribution in [0.1, 0.15) is 10.4 Å². The van der Waals surface area contributed by atoms with E-state index in [-0.39, 0.29) is 5.91 Å². The summed E-state index contributed by atoms with van der Waals surface area (Å²) in [4.78, 5) is 18.8. The minimum Gasteiger partial charge on any atom is -0.457 e. The van der Waals surface area contributed by atoms with Crippen molar-refractivity contribution in [3.8, 4) is 11.5 Å². The number of rotatable bonds is 5. The van der Waals surface area contributed by atoms with Gasteiger partial charge < -0.3 is 15.0 Å². The maximum atomic E-state index is 12.6. The Bertz CT molecular complexity index is 846. The molecule has 1 amide bonds. The molecule has 0 saturated heterocycles. The largest absolute Gasteiger partial charge is 0.457 e. The number of carbonyl (C=O) groups excluding carboxylic acids is 1. The molecule has 1 N–H and O–H groups in total. The third-order valence-electron chi connectivity index (χ3n) is 3.61. The molecule has 3 rings (SSSR count). The van der Waals surface area contributed by atoms with Crippen molar-refractivity contribution in [1.29, 1.82) is 0 Å². The average Bonchev–Trinajstić information content (AvgIpc) is 2.63. The van der Waals surface area contributed by atoms with E-state index in [1.54, 1.807) is 30.5 Å². The summed E-state index contributed by atoms with van der Waals surface area (Å²) in [5.41, 5.74) is 1.41. The van der Waals surface area contributed by atoms with Gasteiger partial charge >= 0.3 is 0 Å². The summed E-state index contributed by atoms with van der Waals surface area (Å²) in [5, 5.41) is 2.80. The first-order valence-corrected chi connectivity index (χ1v) is 7.90. The number of ether oxygens (including phenoxy) is 1. The van der Waals surface area contributed by atoms with Gasteiger partial charge in [0.2, 0.25) is 0 Å². The summed E-state index contributed by atoms with van der Waals surface area (Å²) < 4.78 is 5.83. The van der Waals surface area contributed by atoms with Crippen molar-refractivity contribution in [3.63, 3.8) is 0 Å². The lowest BCUT2D eigenvalue weighted by atomic mass is 10.2. The summed E-state index contributed by atoms with van der Waals surface area (Å²) in [7, 11) is 3.87. The van der Waals surface area contributed by atoms with Crippen LogP contribution in [0.25, 0.3) is 0 Å². The van der Waals surface area contributed by atoms with Crippen LogP contribution in [0.3, 0.4) is 0 Å². The molecule has 0 aliphatic carbocycles. The molecule has 0 radical (unpaired) electrons. The smallest absolute Gasteiger partial charge is 0.260 e. The van der Waals surface area contributed by atoms with Crippen LogP contribution in [0.2, 0.25) is 0 Å². The van der Waals surface area contributed by atoms with Crippen LogP contribution in [0.4, 0.5) is 11.5 Å². The predicted molar refractivity (Wildman–Crippen MR) is 99.5 cm³/mol. The summed E-state index contributed by atoms with van der Waals surface area (Å²) in [6, 6.07) is 20.2. The van der Waals surface area contributed by atoms with E-state index in [2.05, 4.69) is 10.3 Å². The number of hydrogen-bond acceptors (Lipinski definition) is 4. The van der Waals surface area contributed by atoms with E-state index in [1.807, 2.05) is 61.5 Å². The standard InChI is InChI=1S/C20H19N3O2/c1-23(2)15-12-13-19(21-14-15)22-20(24)17-10-6-7-11-18(17)25-16-8-4-3-5-9-16/h3-14H,1-2H3,(H,21,22,24). The quantitative estimate of drug-likeness (QED) is 0.760. The molecule has 1 heterocycles. The lowest BCUT2D eigenvalue weighted by Crippen LogP contribution is -2.14. The SMILES string of the molecule is CN(C)c1ccc(NC(=O)c2ccccc2Oc2ccccc2)nc1. The van der Waals surface area contributed by atoms with Gasteiger partial charge in [0, 0.05) is 14.1 Å². The summed E-state index contributed by atoms with van der Waals surface area (Å²) in [5.74, 6) is 1.40. The Morgan fingerprint density at radius 3 is 2.36 bits per heavy atom. The van der Waals surface area contributed by atoms with E-state index in [1.165, 1.54) is 0 Å². The van der Waals surface area contributed by atoms with Gasteiger partial charge in [-0.3, -0.25) is 4.79 Å². The van der Waals surface area contributed by atoms with Crippen molar-refractivity contribution in [3.05, 3.63) is 78.5 Å². The van der Waals surface area contributed by atoms with Crippen LogP contribution in [-0.4, -0.2) is 25.0 Å². The second kappa shape index (κ2) is 7.49. The van der Waals surface area contributed by atoms with Gasteiger partial charge in [-0.15, -0.1) is 0 Å². The van der Waals surface area contributed by atoms with E-state index in [0.717, 1.165) is 5.69 Å². The number of nitrogens with one attached hydrogen (secondary N) is 1. The second-order valence-corrected chi connectivity index (χ2v) is 5.66. The minimum absolute atomic E-state index is 0.267. The zero-order valence-corrected chi connectivity index (χ0v) is 14.1. The van der Waals surface area contributed by atoms with E-state index in [4.69, 9.17) is 4.74 Å². The molecule has 0 atom stereocenters. The molecular weight excluding hydrogens is 314 g/mol. The molecule has 0 fully saturated rings. The highest BCUT2D eigenvalue weighted by Gasteiger charge is 2.13. The maximum Gasteiger partial charge on any atom is 0.260 e. The molecule has 3 aromatic rings. The molecule has 5 nitrogen and oxygen atoms in total. The lowest BCUT2D eigenvalue weighted by molar-refractivity contribution is 0.102. The molecule has 0 saturated carbocycles. The molecule has 0 aliphatic rings. The Morgan fingerprint density at radius 2 is 1.68 bits per heavy atom. The molecule has 126 valence electrons. The zero-order valence-electron chi connectivity index (χ0n) is 14.1. The highest BCUT2D eigenvalue weighted by molar-refractivity contribution is 6.05. The summed E-state index contributed by atoms with van der Waals surface area (Å²) >= 11 is 0. The van der Waals surface area contributed by atoms with Crippen molar-refractivity contribution in [2.45, 2.75) is 0 Å². The van der Waals surface area contributed by atoms with E-state index in [9.17, 15) is 4.79 Å². The topological polar surface area (TPSA) is 54.5 Å². The number of benzene rings is 2. The van der Waals surface area contributed by atoms with E-state index >= 15 is 0 Å². The number of hydrogen-bond donors (Lipinski definition) is 1. The molecule has 1 aromatic heterocycles. The fourth-order valence-electron chi connectivity index (χ4n) is 2.27. The molecule has 0 unspecified atom stereocenters. The monoisotopic (exact) mass is 333 g/mol. The molecule has 5 heteroatoms. The molecule has 0 bridgehead atoms. The fraction of sp³-hybridized carbons (Fsp3) is 0.100.